The maximum absolute atomic E-state index is 14.1. The molecule has 0 aliphatic rings. The predicted octanol–water partition coefficient (Wildman–Crippen LogP) is 3.52. The Kier molecular flexibility index (Phi) is 4.74. The molecular formula is C17H21FN2. The molecule has 0 saturated carbocycles. The van der Waals surface area contributed by atoms with E-state index in [4.69, 9.17) is 5.73 Å². The van der Waals surface area contributed by atoms with Crippen LogP contribution in [0.25, 0.3) is 0 Å². The second-order valence-electron chi connectivity index (χ2n) is 5.16. The first-order chi connectivity index (χ1) is 9.58. The minimum absolute atomic E-state index is 0.145. The molecular weight excluding hydrogens is 251 g/mol. The van der Waals surface area contributed by atoms with Gasteiger partial charge < -0.3 is 10.6 Å². The number of likely N-dealkylation sites (N-methyl/N-ethyl adjacent to an activating group) is 1. The summed E-state index contributed by atoms with van der Waals surface area (Å²) >= 11 is 0. The third-order valence-corrected chi connectivity index (χ3v) is 3.49. The highest BCUT2D eigenvalue weighted by Crippen LogP contribution is 2.22. The number of halogens is 1. The van der Waals surface area contributed by atoms with Crippen molar-refractivity contribution in [3.05, 3.63) is 65.5 Å². The first-order valence-electron chi connectivity index (χ1n) is 6.88. The van der Waals surface area contributed by atoms with E-state index in [2.05, 4.69) is 12.1 Å². The summed E-state index contributed by atoms with van der Waals surface area (Å²) in [5.74, 6) is -0.213. The monoisotopic (exact) mass is 272 g/mol. The van der Waals surface area contributed by atoms with Crippen molar-refractivity contribution in [1.82, 2.24) is 0 Å². The summed E-state index contributed by atoms with van der Waals surface area (Å²) in [7, 11) is 1.91. The maximum Gasteiger partial charge on any atom is 0.146 e. The highest BCUT2D eigenvalue weighted by Gasteiger charge is 2.10. The molecule has 0 fully saturated rings. The van der Waals surface area contributed by atoms with E-state index in [1.165, 1.54) is 11.6 Å². The van der Waals surface area contributed by atoms with Crippen LogP contribution in [0.3, 0.4) is 0 Å². The zero-order chi connectivity index (χ0) is 14.5. The molecule has 0 amide bonds. The number of hydrogen-bond donors (Lipinski definition) is 1. The minimum Gasteiger partial charge on any atom is -0.372 e. The Bertz CT molecular complexity index is 552. The van der Waals surface area contributed by atoms with E-state index in [0.29, 0.717) is 5.69 Å². The molecule has 20 heavy (non-hydrogen) atoms. The van der Waals surface area contributed by atoms with Crippen LogP contribution in [-0.2, 0) is 6.42 Å². The molecule has 2 aromatic rings. The quantitative estimate of drug-likeness (QED) is 0.902. The summed E-state index contributed by atoms with van der Waals surface area (Å²) in [4.78, 5) is 1.94. The third-order valence-electron chi connectivity index (χ3n) is 3.49. The van der Waals surface area contributed by atoms with Crippen LogP contribution < -0.4 is 10.6 Å². The number of rotatable bonds is 5. The molecule has 0 unspecified atom stereocenters. The summed E-state index contributed by atoms with van der Waals surface area (Å²) < 4.78 is 14.1. The van der Waals surface area contributed by atoms with Crippen LogP contribution in [0.4, 0.5) is 10.1 Å². The number of hydrogen-bond acceptors (Lipinski definition) is 2. The van der Waals surface area contributed by atoms with Gasteiger partial charge in [0.25, 0.3) is 0 Å². The van der Waals surface area contributed by atoms with Gasteiger partial charge in [0.05, 0.1) is 5.69 Å². The maximum atomic E-state index is 14.1. The fourth-order valence-electron chi connectivity index (χ4n) is 2.18. The molecule has 0 saturated heterocycles. The van der Waals surface area contributed by atoms with E-state index in [9.17, 15) is 4.39 Å². The van der Waals surface area contributed by atoms with Crippen molar-refractivity contribution in [3.63, 3.8) is 0 Å². The van der Waals surface area contributed by atoms with E-state index in [1.54, 1.807) is 6.07 Å². The lowest BCUT2D eigenvalue weighted by atomic mass is 10.1. The Morgan fingerprint density at radius 3 is 2.45 bits per heavy atom. The Balaban J connectivity index is 2.04. The van der Waals surface area contributed by atoms with Gasteiger partial charge in [-0.2, -0.15) is 0 Å². The van der Waals surface area contributed by atoms with Crippen LogP contribution in [0.1, 0.15) is 24.1 Å². The number of nitrogens with zero attached hydrogens (tertiary/aromatic N) is 1. The van der Waals surface area contributed by atoms with E-state index < -0.39 is 0 Å². The molecule has 0 radical (unpaired) electrons. The Hall–Kier alpha value is -1.87. The molecule has 106 valence electrons. The van der Waals surface area contributed by atoms with Crippen LogP contribution in [0.5, 0.6) is 0 Å². The van der Waals surface area contributed by atoms with Crippen molar-refractivity contribution in [2.75, 3.05) is 18.5 Å². The number of benzene rings is 2. The van der Waals surface area contributed by atoms with Crippen LogP contribution in [0.2, 0.25) is 0 Å². The van der Waals surface area contributed by atoms with Crippen molar-refractivity contribution in [1.29, 1.82) is 0 Å². The normalized spacial score (nSPS) is 12.2. The zero-order valence-corrected chi connectivity index (χ0v) is 12.0. The standard InChI is InChI=1S/C17H21FN2/c1-13(19)15-8-9-17(16(18)12-15)20(2)11-10-14-6-4-3-5-7-14/h3-9,12-13H,10-11,19H2,1-2H3/t13-/m1/s1. The Labute approximate surface area is 120 Å². The van der Waals surface area contributed by atoms with Crippen molar-refractivity contribution < 1.29 is 4.39 Å². The van der Waals surface area contributed by atoms with Crippen LogP contribution in [0, 0.1) is 5.82 Å². The van der Waals surface area contributed by atoms with Gasteiger partial charge in [-0.1, -0.05) is 36.4 Å². The molecule has 0 aliphatic carbocycles. The molecule has 0 aliphatic heterocycles. The molecule has 3 heteroatoms. The Morgan fingerprint density at radius 2 is 1.85 bits per heavy atom. The fraction of sp³-hybridized carbons (Fsp3) is 0.294. The lowest BCUT2D eigenvalue weighted by Crippen LogP contribution is -2.21. The largest absolute Gasteiger partial charge is 0.372 e. The predicted molar refractivity (Wildman–Crippen MR) is 82.4 cm³/mol. The molecule has 1 atom stereocenters. The van der Waals surface area contributed by atoms with Gasteiger partial charge in [0.15, 0.2) is 0 Å². The van der Waals surface area contributed by atoms with Crippen LogP contribution >= 0.6 is 0 Å². The molecule has 0 spiro atoms. The fourth-order valence-corrected chi connectivity index (χ4v) is 2.18. The minimum atomic E-state index is -0.213. The van der Waals surface area contributed by atoms with Gasteiger partial charge in [0, 0.05) is 19.6 Å². The SMILES string of the molecule is C[C@@H](N)c1ccc(N(C)CCc2ccccc2)c(F)c1. The molecule has 2 rings (SSSR count). The van der Waals surface area contributed by atoms with Crippen molar-refractivity contribution in [2.45, 2.75) is 19.4 Å². The number of nitrogens with two attached hydrogens (primary N) is 1. The molecule has 2 aromatic carbocycles. The second kappa shape index (κ2) is 6.53. The first kappa shape index (κ1) is 14.5. The van der Waals surface area contributed by atoms with E-state index in [0.717, 1.165) is 18.5 Å². The highest BCUT2D eigenvalue weighted by molar-refractivity contribution is 5.49. The van der Waals surface area contributed by atoms with Crippen molar-refractivity contribution >= 4 is 5.69 Å². The molecule has 0 aromatic heterocycles. The molecule has 2 N–H and O–H groups in total. The van der Waals surface area contributed by atoms with Gasteiger partial charge in [-0.05, 0) is 36.6 Å². The van der Waals surface area contributed by atoms with Gasteiger partial charge in [0.1, 0.15) is 5.82 Å². The van der Waals surface area contributed by atoms with Gasteiger partial charge in [-0.15, -0.1) is 0 Å². The Morgan fingerprint density at radius 1 is 1.15 bits per heavy atom. The third kappa shape index (κ3) is 3.58. The second-order valence-corrected chi connectivity index (χ2v) is 5.16. The summed E-state index contributed by atoms with van der Waals surface area (Å²) in [6.07, 6.45) is 0.895. The number of anilines is 1. The van der Waals surface area contributed by atoms with E-state index >= 15 is 0 Å². The van der Waals surface area contributed by atoms with Gasteiger partial charge in [-0.3, -0.25) is 0 Å². The van der Waals surface area contributed by atoms with Crippen LogP contribution in [-0.4, -0.2) is 13.6 Å². The molecule has 2 nitrogen and oxygen atoms in total. The lowest BCUT2D eigenvalue weighted by molar-refractivity contribution is 0.617. The smallest absolute Gasteiger partial charge is 0.146 e. The van der Waals surface area contributed by atoms with Crippen LogP contribution in [0.15, 0.2) is 48.5 Å². The summed E-state index contributed by atoms with van der Waals surface area (Å²) in [5.41, 5.74) is 8.46. The summed E-state index contributed by atoms with van der Waals surface area (Å²) in [6.45, 7) is 2.63. The average Bonchev–Trinajstić information content (AvgIpc) is 2.45. The van der Waals surface area contributed by atoms with Gasteiger partial charge >= 0.3 is 0 Å². The molecule has 0 heterocycles. The van der Waals surface area contributed by atoms with E-state index in [1.807, 2.05) is 43.1 Å². The lowest BCUT2D eigenvalue weighted by Gasteiger charge is -2.21. The van der Waals surface area contributed by atoms with Crippen molar-refractivity contribution in [2.24, 2.45) is 5.73 Å². The van der Waals surface area contributed by atoms with Gasteiger partial charge in [-0.25, -0.2) is 4.39 Å². The van der Waals surface area contributed by atoms with Crippen molar-refractivity contribution in [3.8, 4) is 0 Å². The average molecular weight is 272 g/mol. The van der Waals surface area contributed by atoms with Gasteiger partial charge in [0.2, 0.25) is 0 Å². The highest BCUT2D eigenvalue weighted by atomic mass is 19.1. The first-order valence-corrected chi connectivity index (χ1v) is 6.88. The zero-order valence-electron chi connectivity index (χ0n) is 12.0. The topological polar surface area (TPSA) is 29.3 Å². The summed E-state index contributed by atoms with van der Waals surface area (Å²) in [5, 5.41) is 0. The molecule has 0 bridgehead atoms. The van der Waals surface area contributed by atoms with E-state index in [-0.39, 0.29) is 11.9 Å². The summed E-state index contributed by atoms with van der Waals surface area (Å²) in [6, 6.07) is 15.3.